The number of hydrogen-bond acceptors (Lipinski definition) is 2. The summed E-state index contributed by atoms with van der Waals surface area (Å²) in [6.07, 6.45) is 5.79. The van der Waals surface area contributed by atoms with Crippen LogP contribution in [0.5, 0.6) is 0 Å². The average molecular weight is 213 g/mol. The third-order valence-electron chi connectivity index (χ3n) is 2.29. The molecule has 2 nitrogen and oxygen atoms in total. The Morgan fingerprint density at radius 1 is 1.43 bits per heavy atom. The van der Waals surface area contributed by atoms with Crippen LogP contribution in [0.25, 0.3) is 0 Å². The first-order valence-corrected chi connectivity index (χ1v) is 5.58. The summed E-state index contributed by atoms with van der Waals surface area (Å²) in [6.45, 7) is 3.08. The van der Waals surface area contributed by atoms with Gasteiger partial charge in [0.05, 0.1) is 0 Å². The second-order valence-corrected chi connectivity index (χ2v) is 3.70. The standard InChI is InChI=1S/C11H17ClN2/c1-2-11(3-6-12)14-9-10-4-7-13-8-5-10/h4-5,7-8,11,14H,2-3,6,9H2,1H3. The Morgan fingerprint density at radius 3 is 2.71 bits per heavy atom. The van der Waals surface area contributed by atoms with Gasteiger partial charge in [-0.2, -0.15) is 0 Å². The molecule has 1 N–H and O–H groups in total. The van der Waals surface area contributed by atoms with Crippen molar-refractivity contribution < 1.29 is 0 Å². The van der Waals surface area contributed by atoms with Crippen molar-refractivity contribution in [2.45, 2.75) is 32.4 Å². The summed E-state index contributed by atoms with van der Waals surface area (Å²) >= 11 is 5.71. The summed E-state index contributed by atoms with van der Waals surface area (Å²) in [5.41, 5.74) is 1.27. The monoisotopic (exact) mass is 212 g/mol. The zero-order chi connectivity index (χ0) is 10.2. The largest absolute Gasteiger partial charge is 0.310 e. The van der Waals surface area contributed by atoms with Crippen molar-refractivity contribution in [3.63, 3.8) is 0 Å². The van der Waals surface area contributed by atoms with E-state index in [9.17, 15) is 0 Å². The third-order valence-corrected chi connectivity index (χ3v) is 2.51. The molecule has 14 heavy (non-hydrogen) atoms. The fourth-order valence-electron chi connectivity index (χ4n) is 1.35. The summed E-state index contributed by atoms with van der Waals surface area (Å²) in [5.74, 6) is 0.724. The highest BCUT2D eigenvalue weighted by atomic mass is 35.5. The molecule has 0 amide bonds. The lowest BCUT2D eigenvalue weighted by Gasteiger charge is -2.15. The smallest absolute Gasteiger partial charge is 0.0271 e. The van der Waals surface area contributed by atoms with Crippen LogP contribution in [0, 0.1) is 0 Å². The van der Waals surface area contributed by atoms with Gasteiger partial charge in [-0.15, -0.1) is 11.6 Å². The molecule has 1 aromatic rings. The average Bonchev–Trinajstić information content (AvgIpc) is 2.25. The highest BCUT2D eigenvalue weighted by molar-refractivity contribution is 6.17. The van der Waals surface area contributed by atoms with Crippen LogP contribution in [0.15, 0.2) is 24.5 Å². The van der Waals surface area contributed by atoms with Crippen molar-refractivity contribution in [2.24, 2.45) is 0 Å². The van der Waals surface area contributed by atoms with Gasteiger partial charge in [0.2, 0.25) is 0 Å². The van der Waals surface area contributed by atoms with Gasteiger partial charge in [0, 0.05) is 30.9 Å². The molecule has 0 aliphatic rings. The predicted molar refractivity (Wildman–Crippen MR) is 60.5 cm³/mol. The summed E-state index contributed by atoms with van der Waals surface area (Å²) in [7, 11) is 0. The molecule has 3 heteroatoms. The highest BCUT2D eigenvalue weighted by Crippen LogP contribution is 2.02. The number of nitrogens with one attached hydrogen (secondary N) is 1. The van der Waals surface area contributed by atoms with Crippen molar-refractivity contribution in [3.05, 3.63) is 30.1 Å². The second kappa shape index (κ2) is 6.80. The zero-order valence-corrected chi connectivity index (χ0v) is 9.30. The summed E-state index contributed by atoms with van der Waals surface area (Å²) in [6, 6.07) is 4.58. The van der Waals surface area contributed by atoms with E-state index in [0.717, 1.165) is 25.3 Å². The Labute approximate surface area is 90.7 Å². The van der Waals surface area contributed by atoms with Crippen LogP contribution in [0.2, 0.25) is 0 Å². The number of pyridine rings is 1. The van der Waals surface area contributed by atoms with Crippen LogP contribution in [-0.2, 0) is 6.54 Å². The fourth-order valence-corrected chi connectivity index (χ4v) is 1.61. The molecule has 1 heterocycles. The zero-order valence-electron chi connectivity index (χ0n) is 8.54. The quantitative estimate of drug-likeness (QED) is 0.734. The highest BCUT2D eigenvalue weighted by Gasteiger charge is 2.03. The van der Waals surface area contributed by atoms with Crippen molar-refractivity contribution in [2.75, 3.05) is 5.88 Å². The summed E-state index contributed by atoms with van der Waals surface area (Å²) < 4.78 is 0. The lowest BCUT2D eigenvalue weighted by molar-refractivity contribution is 0.486. The number of halogens is 1. The molecule has 78 valence electrons. The normalized spacial score (nSPS) is 12.7. The molecular weight excluding hydrogens is 196 g/mol. The maximum atomic E-state index is 5.71. The van der Waals surface area contributed by atoms with Gasteiger partial charge in [0.25, 0.3) is 0 Å². The molecule has 0 bridgehead atoms. The minimum atomic E-state index is 0.528. The first-order chi connectivity index (χ1) is 6.86. The fraction of sp³-hybridized carbons (Fsp3) is 0.545. The van der Waals surface area contributed by atoms with E-state index in [0.29, 0.717) is 6.04 Å². The van der Waals surface area contributed by atoms with Gasteiger partial charge in [-0.25, -0.2) is 0 Å². The van der Waals surface area contributed by atoms with E-state index in [2.05, 4.69) is 17.2 Å². The van der Waals surface area contributed by atoms with Gasteiger partial charge in [-0.1, -0.05) is 6.92 Å². The molecule has 1 aromatic heterocycles. The lowest BCUT2D eigenvalue weighted by Crippen LogP contribution is -2.28. The predicted octanol–water partition coefficient (Wildman–Crippen LogP) is 2.58. The van der Waals surface area contributed by atoms with Crippen molar-refractivity contribution in [3.8, 4) is 0 Å². The molecule has 1 atom stereocenters. The van der Waals surface area contributed by atoms with Crippen molar-refractivity contribution >= 4 is 11.6 Å². The second-order valence-electron chi connectivity index (χ2n) is 3.32. The minimum absolute atomic E-state index is 0.528. The molecule has 1 rings (SSSR count). The molecule has 0 saturated heterocycles. The van der Waals surface area contributed by atoms with Gasteiger partial charge in [0.15, 0.2) is 0 Å². The lowest BCUT2D eigenvalue weighted by atomic mass is 10.1. The van der Waals surface area contributed by atoms with E-state index >= 15 is 0 Å². The van der Waals surface area contributed by atoms with Gasteiger partial charge >= 0.3 is 0 Å². The summed E-state index contributed by atoms with van der Waals surface area (Å²) in [4.78, 5) is 3.98. The van der Waals surface area contributed by atoms with Gasteiger partial charge in [0.1, 0.15) is 0 Å². The molecule has 0 radical (unpaired) electrons. The van der Waals surface area contributed by atoms with E-state index in [4.69, 9.17) is 11.6 Å². The Balaban J connectivity index is 2.32. The third kappa shape index (κ3) is 4.07. The molecule has 0 aliphatic carbocycles. The van der Waals surface area contributed by atoms with Crippen LogP contribution < -0.4 is 5.32 Å². The molecule has 0 spiro atoms. The van der Waals surface area contributed by atoms with Gasteiger partial charge in [-0.3, -0.25) is 4.98 Å². The molecule has 0 aliphatic heterocycles. The Kier molecular flexibility index (Phi) is 5.57. The topological polar surface area (TPSA) is 24.9 Å². The van der Waals surface area contributed by atoms with Crippen LogP contribution in [0.1, 0.15) is 25.3 Å². The Bertz CT molecular complexity index is 238. The number of rotatable bonds is 6. The van der Waals surface area contributed by atoms with Crippen LogP contribution in [0.3, 0.4) is 0 Å². The first kappa shape index (κ1) is 11.5. The Morgan fingerprint density at radius 2 is 2.14 bits per heavy atom. The molecular formula is C11H17ClN2. The van der Waals surface area contributed by atoms with Gasteiger partial charge in [-0.05, 0) is 30.5 Å². The van der Waals surface area contributed by atoms with E-state index < -0.39 is 0 Å². The van der Waals surface area contributed by atoms with Crippen molar-refractivity contribution in [1.82, 2.24) is 10.3 Å². The number of alkyl halides is 1. The van der Waals surface area contributed by atoms with Crippen LogP contribution in [0.4, 0.5) is 0 Å². The minimum Gasteiger partial charge on any atom is -0.310 e. The van der Waals surface area contributed by atoms with E-state index in [-0.39, 0.29) is 0 Å². The maximum Gasteiger partial charge on any atom is 0.0271 e. The molecule has 1 unspecified atom stereocenters. The summed E-state index contributed by atoms with van der Waals surface area (Å²) in [5, 5.41) is 3.47. The number of hydrogen-bond donors (Lipinski definition) is 1. The van der Waals surface area contributed by atoms with E-state index in [1.165, 1.54) is 5.56 Å². The van der Waals surface area contributed by atoms with Gasteiger partial charge < -0.3 is 5.32 Å². The maximum absolute atomic E-state index is 5.71. The molecule has 0 saturated carbocycles. The van der Waals surface area contributed by atoms with Crippen molar-refractivity contribution in [1.29, 1.82) is 0 Å². The van der Waals surface area contributed by atoms with Crippen LogP contribution >= 0.6 is 11.6 Å². The Hall–Kier alpha value is -0.600. The molecule has 0 fully saturated rings. The van der Waals surface area contributed by atoms with Crippen LogP contribution in [-0.4, -0.2) is 16.9 Å². The van der Waals surface area contributed by atoms with E-state index in [1.807, 2.05) is 24.5 Å². The number of aromatic nitrogens is 1. The number of nitrogens with zero attached hydrogens (tertiary/aromatic N) is 1. The molecule has 0 aromatic carbocycles. The SMILES string of the molecule is CCC(CCCl)NCc1ccncc1. The van der Waals surface area contributed by atoms with E-state index in [1.54, 1.807) is 0 Å². The first-order valence-electron chi connectivity index (χ1n) is 5.05.